The lowest BCUT2D eigenvalue weighted by Crippen LogP contribution is -2.44. The van der Waals surface area contributed by atoms with Gasteiger partial charge in [0.15, 0.2) is 6.29 Å². The SMILES string of the molecule is COC(CNC1CSCC(C)(C)C1)OC. The van der Waals surface area contributed by atoms with Crippen LogP contribution >= 0.6 is 11.8 Å². The van der Waals surface area contributed by atoms with Crippen molar-refractivity contribution in [1.29, 1.82) is 0 Å². The normalized spacial score (nSPS) is 25.8. The van der Waals surface area contributed by atoms with Crippen molar-refractivity contribution in [3.05, 3.63) is 0 Å². The quantitative estimate of drug-likeness (QED) is 0.733. The summed E-state index contributed by atoms with van der Waals surface area (Å²) in [6, 6.07) is 0.589. The Labute approximate surface area is 97.3 Å². The maximum atomic E-state index is 5.15. The van der Waals surface area contributed by atoms with E-state index in [1.165, 1.54) is 17.9 Å². The average molecular weight is 233 g/mol. The molecule has 1 fully saturated rings. The molecule has 0 spiro atoms. The Bertz CT molecular complexity index is 183. The number of hydrogen-bond donors (Lipinski definition) is 1. The molecule has 1 rings (SSSR count). The third-order valence-electron chi connectivity index (χ3n) is 2.71. The minimum absolute atomic E-state index is 0.125. The van der Waals surface area contributed by atoms with Crippen LogP contribution in [0, 0.1) is 5.41 Å². The molecule has 1 aliphatic rings. The first-order valence-electron chi connectivity index (χ1n) is 5.44. The number of rotatable bonds is 5. The minimum atomic E-state index is -0.125. The molecule has 0 bridgehead atoms. The van der Waals surface area contributed by atoms with E-state index in [1.54, 1.807) is 14.2 Å². The molecule has 3 nitrogen and oxygen atoms in total. The fourth-order valence-electron chi connectivity index (χ4n) is 1.92. The van der Waals surface area contributed by atoms with Crippen LogP contribution in [-0.4, -0.2) is 44.6 Å². The van der Waals surface area contributed by atoms with Gasteiger partial charge in [-0.05, 0) is 17.6 Å². The largest absolute Gasteiger partial charge is 0.355 e. The van der Waals surface area contributed by atoms with Gasteiger partial charge in [-0.25, -0.2) is 0 Å². The van der Waals surface area contributed by atoms with Crippen molar-refractivity contribution >= 4 is 11.8 Å². The molecular weight excluding hydrogens is 210 g/mol. The third-order valence-corrected chi connectivity index (χ3v) is 4.33. The summed E-state index contributed by atoms with van der Waals surface area (Å²) < 4.78 is 10.3. The molecule has 0 aromatic rings. The van der Waals surface area contributed by atoms with E-state index in [0.717, 1.165) is 6.54 Å². The molecule has 0 aromatic heterocycles. The molecule has 90 valence electrons. The van der Waals surface area contributed by atoms with Gasteiger partial charge in [0.1, 0.15) is 0 Å². The number of nitrogens with one attached hydrogen (secondary N) is 1. The highest BCUT2D eigenvalue weighted by molar-refractivity contribution is 7.99. The average Bonchev–Trinajstić information content (AvgIpc) is 2.18. The molecule has 1 saturated heterocycles. The summed E-state index contributed by atoms with van der Waals surface area (Å²) in [4.78, 5) is 0. The van der Waals surface area contributed by atoms with Crippen molar-refractivity contribution in [2.75, 3.05) is 32.3 Å². The second-order valence-electron chi connectivity index (χ2n) is 4.89. The lowest BCUT2D eigenvalue weighted by atomic mass is 9.88. The zero-order valence-corrected chi connectivity index (χ0v) is 11.0. The van der Waals surface area contributed by atoms with Crippen LogP contribution in [0.2, 0.25) is 0 Å². The molecule has 1 atom stereocenters. The van der Waals surface area contributed by atoms with Crippen molar-refractivity contribution in [3.8, 4) is 0 Å². The molecule has 1 aliphatic heterocycles. The van der Waals surface area contributed by atoms with Crippen LogP contribution in [-0.2, 0) is 9.47 Å². The van der Waals surface area contributed by atoms with Crippen LogP contribution in [0.3, 0.4) is 0 Å². The van der Waals surface area contributed by atoms with Gasteiger partial charge in [-0.15, -0.1) is 0 Å². The van der Waals surface area contributed by atoms with Gasteiger partial charge in [-0.2, -0.15) is 11.8 Å². The zero-order valence-electron chi connectivity index (χ0n) is 10.2. The summed E-state index contributed by atoms with van der Waals surface area (Å²) >= 11 is 2.03. The fourth-order valence-corrected chi connectivity index (χ4v) is 3.23. The van der Waals surface area contributed by atoms with Crippen molar-refractivity contribution in [1.82, 2.24) is 5.32 Å². The van der Waals surface area contributed by atoms with Crippen LogP contribution in [0.4, 0.5) is 0 Å². The fraction of sp³-hybridized carbons (Fsp3) is 1.00. The van der Waals surface area contributed by atoms with E-state index in [-0.39, 0.29) is 6.29 Å². The standard InChI is InChI=1S/C11H23NO2S/c1-11(2)5-9(7-15-8-11)12-6-10(13-3)14-4/h9-10,12H,5-8H2,1-4H3. The predicted octanol–water partition coefficient (Wildman–Crippen LogP) is 1.73. The Hall–Kier alpha value is 0.230. The van der Waals surface area contributed by atoms with Crippen molar-refractivity contribution in [3.63, 3.8) is 0 Å². The molecular formula is C11H23NO2S. The van der Waals surface area contributed by atoms with Crippen LogP contribution in [0.25, 0.3) is 0 Å². The van der Waals surface area contributed by atoms with Gasteiger partial charge in [0.05, 0.1) is 0 Å². The Kier molecular flexibility index (Phi) is 5.39. The van der Waals surface area contributed by atoms with Gasteiger partial charge >= 0.3 is 0 Å². The highest BCUT2D eigenvalue weighted by Gasteiger charge is 2.28. The summed E-state index contributed by atoms with van der Waals surface area (Å²) in [5.41, 5.74) is 0.455. The summed E-state index contributed by atoms with van der Waals surface area (Å²) in [6.07, 6.45) is 1.11. The third kappa shape index (κ3) is 4.72. The summed E-state index contributed by atoms with van der Waals surface area (Å²) in [5, 5.41) is 3.51. The number of ether oxygens (including phenoxy) is 2. The number of thioether (sulfide) groups is 1. The summed E-state index contributed by atoms with van der Waals surface area (Å²) in [6.45, 7) is 5.43. The highest BCUT2D eigenvalue weighted by Crippen LogP contribution is 2.33. The Morgan fingerprint density at radius 2 is 2.07 bits per heavy atom. The Morgan fingerprint density at radius 1 is 1.40 bits per heavy atom. The topological polar surface area (TPSA) is 30.5 Å². The maximum absolute atomic E-state index is 5.15. The van der Waals surface area contributed by atoms with E-state index in [0.29, 0.717) is 11.5 Å². The molecule has 0 aromatic carbocycles. The maximum Gasteiger partial charge on any atom is 0.169 e. The smallest absolute Gasteiger partial charge is 0.169 e. The van der Waals surface area contributed by atoms with E-state index in [1.807, 2.05) is 11.8 Å². The lowest BCUT2D eigenvalue weighted by Gasteiger charge is -2.35. The van der Waals surface area contributed by atoms with E-state index < -0.39 is 0 Å². The molecule has 0 amide bonds. The van der Waals surface area contributed by atoms with Gasteiger partial charge in [-0.3, -0.25) is 0 Å². The first-order valence-corrected chi connectivity index (χ1v) is 6.59. The summed E-state index contributed by atoms with van der Waals surface area (Å²) in [5.74, 6) is 2.47. The first kappa shape index (κ1) is 13.3. The van der Waals surface area contributed by atoms with Gasteiger partial charge in [0.2, 0.25) is 0 Å². The minimum Gasteiger partial charge on any atom is -0.355 e. The van der Waals surface area contributed by atoms with E-state index in [9.17, 15) is 0 Å². The second kappa shape index (κ2) is 6.09. The first-order chi connectivity index (χ1) is 7.07. The molecule has 0 saturated carbocycles. The van der Waals surface area contributed by atoms with Crippen LogP contribution in [0.5, 0.6) is 0 Å². The molecule has 1 N–H and O–H groups in total. The molecule has 0 radical (unpaired) electrons. The van der Waals surface area contributed by atoms with Gasteiger partial charge in [0.25, 0.3) is 0 Å². The number of methoxy groups -OCH3 is 2. The van der Waals surface area contributed by atoms with Crippen molar-refractivity contribution in [2.24, 2.45) is 5.41 Å². The van der Waals surface area contributed by atoms with Crippen molar-refractivity contribution in [2.45, 2.75) is 32.6 Å². The van der Waals surface area contributed by atoms with Crippen LogP contribution in [0.15, 0.2) is 0 Å². The Balaban J connectivity index is 2.26. The zero-order chi connectivity index (χ0) is 11.3. The van der Waals surface area contributed by atoms with Crippen LogP contribution < -0.4 is 5.32 Å². The predicted molar refractivity (Wildman–Crippen MR) is 65.3 cm³/mol. The lowest BCUT2D eigenvalue weighted by molar-refractivity contribution is -0.0999. The van der Waals surface area contributed by atoms with E-state index in [4.69, 9.17) is 9.47 Å². The van der Waals surface area contributed by atoms with Gasteiger partial charge in [0, 0.05) is 32.6 Å². The second-order valence-corrected chi connectivity index (χ2v) is 5.92. The van der Waals surface area contributed by atoms with Crippen molar-refractivity contribution < 1.29 is 9.47 Å². The molecule has 1 heterocycles. The molecule has 0 aliphatic carbocycles. The van der Waals surface area contributed by atoms with Crippen LogP contribution in [0.1, 0.15) is 20.3 Å². The van der Waals surface area contributed by atoms with E-state index >= 15 is 0 Å². The molecule has 4 heteroatoms. The summed E-state index contributed by atoms with van der Waals surface area (Å²) in [7, 11) is 3.35. The van der Waals surface area contributed by atoms with E-state index in [2.05, 4.69) is 19.2 Å². The molecule has 15 heavy (non-hydrogen) atoms. The van der Waals surface area contributed by atoms with Gasteiger partial charge in [-0.1, -0.05) is 13.8 Å². The highest BCUT2D eigenvalue weighted by atomic mass is 32.2. The molecule has 1 unspecified atom stereocenters. The monoisotopic (exact) mass is 233 g/mol. The number of hydrogen-bond acceptors (Lipinski definition) is 4. The van der Waals surface area contributed by atoms with Gasteiger partial charge < -0.3 is 14.8 Å². The Morgan fingerprint density at radius 3 is 2.60 bits per heavy atom.